The van der Waals surface area contributed by atoms with Crippen LogP contribution in [0, 0.1) is 29.1 Å². The number of aliphatic hydroxyl groups excluding tert-OH is 1. The van der Waals surface area contributed by atoms with Gasteiger partial charge in [0.05, 0.1) is 11.8 Å². The number of carbonyl (C=O) groups excluding carboxylic acids is 1. The molecule has 1 aromatic heterocycles. The molecule has 3 rings (SSSR count). The molecule has 1 fully saturated rings. The average Bonchev–Trinajstić information content (AvgIpc) is 2.97. The minimum Gasteiger partial charge on any atom is -0.505 e. The van der Waals surface area contributed by atoms with Crippen LogP contribution in [0.4, 0.5) is 0 Å². The zero-order valence-corrected chi connectivity index (χ0v) is 17.7. The van der Waals surface area contributed by atoms with Crippen LogP contribution in [0.1, 0.15) is 69.1 Å². The lowest BCUT2D eigenvalue weighted by Gasteiger charge is -2.49. The van der Waals surface area contributed by atoms with Crippen LogP contribution in [-0.4, -0.2) is 26.1 Å². The van der Waals surface area contributed by atoms with Crippen LogP contribution >= 0.6 is 0 Å². The van der Waals surface area contributed by atoms with E-state index in [4.69, 9.17) is 0 Å². The summed E-state index contributed by atoms with van der Waals surface area (Å²) < 4.78 is 0. The van der Waals surface area contributed by atoms with Gasteiger partial charge >= 0.3 is 0 Å². The van der Waals surface area contributed by atoms with Gasteiger partial charge in [-0.1, -0.05) is 56.7 Å². The standard InChI is InChI=1S/C24H33NO4/c1-5-6-7-8-17-11-10-16-13-14(2)9-12-18(16)24(17,4)22(28)19-21(27)20(15(3)26)25-23(19)29/h5-8,10-11,14-18,25-27,29H,9,12-13H2,1-4H3. The lowest BCUT2D eigenvalue weighted by atomic mass is 9.53. The highest BCUT2D eigenvalue weighted by molar-refractivity contribution is 6.05. The van der Waals surface area contributed by atoms with Crippen LogP contribution in [0.3, 0.4) is 0 Å². The molecule has 4 N–H and O–H groups in total. The van der Waals surface area contributed by atoms with Crippen molar-refractivity contribution in [3.05, 3.63) is 47.7 Å². The Labute approximate surface area is 172 Å². The number of H-pyrrole nitrogens is 1. The molecule has 0 amide bonds. The van der Waals surface area contributed by atoms with Crippen LogP contribution < -0.4 is 0 Å². The summed E-state index contributed by atoms with van der Waals surface area (Å²) in [4.78, 5) is 16.5. The zero-order chi connectivity index (χ0) is 21.3. The fraction of sp³-hybridized carbons (Fsp3) is 0.542. The molecule has 0 aliphatic heterocycles. The van der Waals surface area contributed by atoms with E-state index in [1.165, 1.54) is 6.92 Å². The summed E-state index contributed by atoms with van der Waals surface area (Å²) in [5.74, 6) is -0.111. The second-order valence-corrected chi connectivity index (χ2v) is 8.91. The van der Waals surface area contributed by atoms with E-state index in [-0.39, 0.29) is 40.5 Å². The minimum absolute atomic E-state index is 0.0654. The Morgan fingerprint density at radius 2 is 2.00 bits per heavy atom. The molecule has 0 spiro atoms. The summed E-state index contributed by atoms with van der Waals surface area (Å²) >= 11 is 0. The first-order valence-electron chi connectivity index (χ1n) is 10.6. The number of allylic oxidation sites excluding steroid dienone is 6. The van der Waals surface area contributed by atoms with Crippen molar-refractivity contribution >= 4 is 5.78 Å². The highest BCUT2D eigenvalue weighted by atomic mass is 16.3. The quantitative estimate of drug-likeness (QED) is 0.317. The Morgan fingerprint density at radius 3 is 2.62 bits per heavy atom. The molecular weight excluding hydrogens is 366 g/mol. The Morgan fingerprint density at radius 1 is 1.28 bits per heavy atom. The van der Waals surface area contributed by atoms with E-state index in [2.05, 4.69) is 24.1 Å². The number of ketones is 1. The molecule has 5 heteroatoms. The number of aromatic hydroxyl groups is 2. The smallest absolute Gasteiger partial charge is 0.203 e. The van der Waals surface area contributed by atoms with Crippen molar-refractivity contribution in [3.63, 3.8) is 0 Å². The van der Waals surface area contributed by atoms with Gasteiger partial charge in [-0.15, -0.1) is 0 Å². The fourth-order valence-electron chi connectivity index (χ4n) is 5.25. The zero-order valence-electron chi connectivity index (χ0n) is 17.7. The largest absolute Gasteiger partial charge is 0.505 e. The molecule has 0 bridgehead atoms. The predicted molar refractivity (Wildman–Crippen MR) is 114 cm³/mol. The Bertz CT molecular complexity index is 847. The highest BCUT2D eigenvalue weighted by Gasteiger charge is 2.53. The SMILES string of the molecule is CC=CC=CC1C=CC2CC(C)CCC2C1(C)C(=O)c1c(O)[nH]c(C(C)O)c1O. The summed E-state index contributed by atoms with van der Waals surface area (Å²) in [6.07, 6.45) is 14.2. The van der Waals surface area contributed by atoms with E-state index in [1.54, 1.807) is 0 Å². The number of aliphatic hydroxyl groups is 1. The Kier molecular flexibility index (Phi) is 6.08. The van der Waals surface area contributed by atoms with Gasteiger partial charge in [-0.25, -0.2) is 0 Å². The fourth-order valence-corrected chi connectivity index (χ4v) is 5.25. The Hall–Kier alpha value is -2.27. The first-order chi connectivity index (χ1) is 13.7. The molecular formula is C24H33NO4. The molecule has 6 atom stereocenters. The third-order valence-corrected chi connectivity index (χ3v) is 6.93. The monoisotopic (exact) mass is 399 g/mol. The highest BCUT2D eigenvalue weighted by Crippen LogP contribution is 2.55. The summed E-state index contributed by atoms with van der Waals surface area (Å²) in [6.45, 7) is 7.63. The molecule has 1 heterocycles. The van der Waals surface area contributed by atoms with Crippen molar-refractivity contribution in [1.29, 1.82) is 0 Å². The van der Waals surface area contributed by atoms with Crippen LogP contribution in [0.2, 0.25) is 0 Å². The maximum atomic E-state index is 13.9. The van der Waals surface area contributed by atoms with Crippen molar-refractivity contribution in [1.82, 2.24) is 4.98 Å². The number of carbonyl (C=O) groups is 1. The molecule has 6 unspecified atom stereocenters. The van der Waals surface area contributed by atoms with Gasteiger partial charge in [0.2, 0.25) is 5.88 Å². The van der Waals surface area contributed by atoms with E-state index in [9.17, 15) is 20.1 Å². The van der Waals surface area contributed by atoms with E-state index in [1.807, 2.05) is 38.2 Å². The summed E-state index contributed by atoms with van der Waals surface area (Å²) in [5.41, 5.74) is -0.846. The summed E-state index contributed by atoms with van der Waals surface area (Å²) in [7, 11) is 0. The first-order valence-corrected chi connectivity index (χ1v) is 10.6. The van der Waals surface area contributed by atoms with Gasteiger partial charge in [-0.3, -0.25) is 4.79 Å². The normalized spacial score (nSPS) is 33.3. The van der Waals surface area contributed by atoms with Gasteiger partial charge < -0.3 is 20.3 Å². The minimum atomic E-state index is -1.02. The van der Waals surface area contributed by atoms with Gasteiger partial charge in [0.25, 0.3) is 0 Å². The number of aromatic nitrogens is 1. The third kappa shape index (κ3) is 3.68. The molecule has 0 saturated heterocycles. The van der Waals surface area contributed by atoms with Gasteiger partial charge in [0, 0.05) is 11.3 Å². The van der Waals surface area contributed by atoms with Crippen molar-refractivity contribution < 1.29 is 20.1 Å². The van der Waals surface area contributed by atoms with Crippen LogP contribution in [0.5, 0.6) is 11.6 Å². The molecule has 5 nitrogen and oxygen atoms in total. The van der Waals surface area contributed by atoms with Crippen molar-refractivity contribution in [2.45, 2.75) is 53.1 Å². The lowest BCUT2D eigenvalue weighted by molar-refractivity contribution is 0.0354. The number of rotatable bonds is 5. The maximum absolute atomic E-state index is 13.9. The van der Waals surface area contributed by atoms with E-state index < -0.39 is 11.5 Å². The van der Waals surface area contributed by atoms with Gasteiger partial charge in [-0.05, 0) is 44.4 Å². The number of aromatic amines is 1. The maximum Gasteiger partial charge on any atom is 0.203 e. The third-order valence-electron chi connectivity index (χ3n) is 6.93. The molecule has 2 aliphatic carbocycles. The second-order valence-electron chi connectivity index (χ2n) is 8.91. The summed E-state index contributed by atoms with van der Waals surface area (Å²) in [5, 5.41) is 30.9. The van der Waals surface area contributed by atoms with E-state index in [0.29, 0.717) is 11.8 Å². The molecule has 1 saturated carbocycles. The molecule has 0 radical (unpaired) electrons. The van der Waals surface area contributed by atoms with Crippen LogP contribution in [0.15, 0.2) is 36.5 Å². The first kappa shape index (κ1) is 21.4. The van der Waals surface area contributed by atoms with Gasteiger partial charge in [-0.2, -0.15) is 0 Å². The predicted octanol–water partition coefficient (Wildman–Crippen LogP) is 5.04. The molecule has 1 aromatic rings. The van der Waals surface area contributed by atoms with Gasteiger partial charge in [0.15, 0.2) is 11.5 Å². The van der Waals surface area contributed by atoms with Crippen molar-refractivity contribution in [2.24, 2.45) is 29.1 Å². The van der Waals surface area contributed by atoms with Crippen LogP contribution in [0.25, 0.3) is 0 Å². The Balaban J connectivity index is 2.10. The van der Waals surface area contributed by atoms with Crippen molar-refractivity contribution in [2.75, 3.05) is 0 Å². The molecule has 0 aromatic carbocycles. The van der Waals surface area contributed by atoms with E-state index in [0.717, 1.165) is 19.3 Å². The number of hydrogen-bond acceptors (Lipinski definition) is 4. The molecule has 2 aliphatic rings. The van der Waals surface area contributed by atoms with Crippen LogP contribution in [-0.2, 0) is 0 Å². The van der Waals surface area contributed by atoms with Crippen molar-refractivity contribution in [3.8, 4) is 11.6 Å². The number of nitrogens with one attached hydrogen (secondary N) is 1. The van der Waals surface area contributed by atoms with E-state index >= 15 is 0 Å². The number of hydrogen-bond donors (Lipinski definition) is 4. The number of Topliss-reactive ketones (excluding diaryl/α,β-unsaturated/α-hetero) is 1. The average molecular weight is 400 g/mol. The molecule has 29 heavy (non-hydrogen) atoms. The number of fused-ring (bicyclic) bond motifs is 1. The van der Waals surface area contributed by atoms with Gasteiger partial charge in [0.1, 0.15) is 5.56 Å². The summed E-state index contributed by atoms with van der Waals surface area (Å²) in [6, 6.07) is 0. The second kappa shape index (κ2) is 8.23. The molecule has 158 valence electrons. The topological polar surface area (TPSA) is 93.5 Å². The lowest BCUT2D eigenvalue weighted by Crippen LogP contribution is -2.48.